The lowest BCUT2D eigenvalue weighted by molar-refractivity contribution is -0.149. The van der Waals surface area contributed by atoms with Gasteiger partial charge in [0.15, 0.2) is 5.78 Å². The highest BCUT2D eigenvalue weighted by Gasteiger charge is 2.45. The van der Waals surface area contributed by atoms with E-state index in [1.165, 1.54) is 0 Å². The normalized spacial score (nSPS) is 25.2. The maximum absolute atomic E-state index is 14.3. The minimum Gasteiger partial charge on any atom is -0.396 e. The zero-order valence-electron chi connectivity index (χ0n) is 34.0. The first kappa shape index (κ1) is 43.1. The molecule has 0 aromatic heterocycles. The highest BCUT2D eigenvalue weighted by Crippen LogP contribution is 2.37. The fourth-order valence-corrected chi connectivity index (χ4v) is 9.61. The number of hydrogen-bond donors (Lipinski definition) is 2. The van der Waals surface area contributed by atoms with E-state index in [1.54, 1.807) is 26.2 Å². The van der Waals surface area contributed by atoms with Gasteiger partial charge in [-0.15, -0.1) is 0 Å². The van der Waals surface area contributed by atoms with Crippen molar-refractivity contribution < 1.29 is 33.8 Å². The van der Waals surface area contributed by atoms with Crippen molar-refractivity contribution in [3.05, 3.63) is 35.4 Å². The summed E-state index contributed by atoms with van der Waals surface area (Å²) in [6, 6.07) is 7.76. The molecule has 2 aliphatic heterocycles. The van der Waals surface area contributed by atoms with Crippen molar-refractivity contribution >= 4 is 23.4 Å². The lowest BCUT2D eigenvalue weighted by atomic mass is 9.83. The molecule has 10 heteroatoms. The van der Waals surface area contributed by atoms with Crippen LogP contribution in [0, 0.1) is 42.4 Å². The Morgan fingerprint density at radius 1 is 1.02 bits per heavy atom. The Kier molecular flexibility index (Phi) is 16.1. The Labute approximate surface area is 319 Å². The van der Waals surface area contributed by atoms with Crippen molar-refractivity contribution in [1.29, 1.82) is 0 Å². The van der Waals surface area contributed by atoms with Crippen LogP contribution in [0.4, 0.5) is 0 Å². The Morgan fingerprint density at radius 2 is 1.75 bits per heavy atom. The number of likely N-dealkylation sites (tertiary alicyclic amines) is 1. The highest BCUT2D eigenvalue weighted by molar-refractivity contribution is 5.90. The molecule has 1 aromatic rings. The van der Waals surface area contributed by atoms with Crippen LogP contribution in [0.1, 0.15) is 104 Å². The number of aliphatic hydroxyl groups is 1. The molecular weight excluding hydrogens is 670 g/mol. The van der Waals surface area contributed by atoms with Crippen LogP contribution in [-0.2, 0) is 35.1 Å². The second kappa shape index (κ2) is 19.8. The van der Waals surface area contributed by atoms with Gasteiger partial charge >= 0.3 is 0 Å². The van der Waals surface area contributed by atoms with Gasteiger partial charge in [0, 0.05) is 65.1 Å². The number of piperidine rings is 1. The number of nitrogens with one attached hydrogen (secondary N) is 1. The molecule has 1 aliphatic carbocycles. The number of ether oxygens (including phenoxy) is 2. The summed E-state index contributed by atoms with van der Waals surface area (Å²) in [6.07, 6.45) is 5.65. The zero-order valence-corrected chi connectivity index (χ0v) is 34.0. The summed E-state index contributed by atoms with van der Waals surface area (Å²) in [5.41, 5.74) is 2.24. The number of aryl methyl sites for hydroxylation is 1. The van der Waals surface area contributed by atoms with E-state index in [0.717, 1.165) is 49.7 Å². The number of nitrogens with zero attached hydrogens (tertiary/aromatic N) is 2. The molecule has 1 aromatic carbocycles. The molecule has 1 saturated carbocycles. The summed E-state index contributed by atoms with van der Waals surface area (Å²) in [6.45, 7) is 12.6. The first-order valence-electron chi connectivity index (χ1n) is 20.3. The molecule has 2 amide bonds. The minimum atomic E-state index is -0.560. The Hall–Kier alpha value is -2.66. The number of hydrogen-bond acceptors (Lipinski definition) is 8. The van der Waals surface area contributed by atoms with E-state index in [2.05, 4.69) is 25.2 Å². The lowest BCUT2D eigenvalue weighted by Crippen LogP contribution is -2.54. The van der Waals surface area contributed by atoms with E-state index in [-0.39, 0.29) is 85.1 Å². The first-order chi connectivity index (χ1) is 25.2. The van der Waals surface area contributed by atoms with Crippen molar-refractivity contribution in [2.75, 3.05) is 34.4 Å². The van der Waals surface area contributed by atoms with Gasteiger partial charge in [0.25, 0.3) is 0 Å². The molecule has 0 spiro atoms. The van der Waals surface area contributed by atoms with Crippen LogP contribution >= 0.6 is 0 Å². The monoisotopic (exact) mass is 740 g/mol. The van der Waals surface area contributed by atoms with Crippen LogP contribution in [0.2, 0.25) is 0 Å². The molecule has 3 fully saturated rings. The van der Waals surface area contributed by atoms with Crippen molar-refractivity contribution in [1.82, 2.24) is 15.1 Å². The average molecular weight is 740 g/mol. The molecule has 2 saturated heterocycles. The largest absolute Gasteiger partial charge is 0.396 e. The van der Waals surface area contributed by atoms with Crippen molar-refractivity contribution in [3.63, 3.8) is 0 Å². The molecule has 10 nitrogen and oxygen atoms in total. The fraction of sp³-hybridized carbons (Fsp3) is 0.767. The van der Waals surface area contributed by atoms with Gasteiger partial charge in [-0.1, -0.05) is 70.9 Å². The Balaban J connectivity index is 1.43. The van der Waals surface area contributed by atoms with E-state index >= 15 is 0 Å². The molecule has 53 heavy (non-hydrogen) atoms. The van der Waals surface area contributed by atoms with E-state index in [1.807, 2.05) is 50.8 Å². The number of amides is 2. The number of carbonyl (C=O) groups excluding carboxylic acids is 4. The number of benzene rings is 1. The predicted molar refractivity (Wildman–Crippen MR) is 207 cm³/mol. The van der Waals surface area contributed by atoms with Gasteiger partial charge in [-0.3, -0.25) is 19.2 Å². The number of likely N-dealkylation sites (N-methyl/N-ethyl adjacent to an activating group) is 1. The van der Waals surface area contributed by atoms with E-state index in [9.17, 15) is 24.3 Å². The average Bonchev–Trinajstić information content (AvgIpc) is 3.91. The first-order valence-corrected chi connectivity index (χ1v) is 20.3. The number of methoxy groups -OCH3 is 2. The number of carbonyl (C=O) groups is 4. The second-order valence-electron chi connectivity index (χ2n) is 16.9. The van der Waals surface area contributed by atoms with Gasteiger partial charge < -0.3 is 29.7 Å². The summed E-state index contributed by atoms with van der Waals surface area (Å²) < 4.78 is 12.1. The number of aliphatic hydroxyl groups excluding tert-OH is 1. The van der Waals surface area contributed by atoms with Gasteiger partial charge in [-0.05, 0) is 74.7 Å². The maximum Gasteiger partial charge on any atom is 0.226 e. The molecule has 2 bridgehead atoms. The summed E-state index contributed by atoms with van der Waals surface area (Å²) in [7, 11) is 5.01. The number of rotatable bonds is 21. The van der Waals surface area contributed by atoms with E-state index < -0.39 is 24.0 Å². The van der Waals surface area contributed by atoms with Crippen LogP contribution in [0.15, 0.2) is 24.3 Å². The second-order valence-corrected chi connectivity index (χ2v) is 16.9. The van der Waals surface area contributed by atoms with Gasteiger partial charge in [-0.25, -0.2) is 0 Å². The standard InChI is InChI=1S/C43H69N3O7/c1-10-28(5)41(45(7)43(51)34(26(2)3)23-37(49)40-32-16-17-33(22-32)44-40)38(52-8)24-39(50)46-18-12-15-35(46)42(53-9)29(6)36(48)21-31(25-47)20-30-14-11-13-27(4)19-30/h11,13-14,19,26,28-29,31-35,38,40-42,44,47H,10,12,15-18,20-25H2,1-9H3/t28-,29-,31+,32-,33-,34-,35-,38+,40-,41-,42+/m0/s1. The summed E-state index contributed by atoms with van der Waals surface area (Å²) in [5, 5.41) is 13.7. The molecule has 11 atom stereocenters. The third-order valence-electron chi connectivity index (χ3n) is 13.0. The van der Waals surface area contributed by atoms with Gasteiger partial charge in [0.1, 0.15) is 5.78 Å². The van der Waals surface area contributed by atoms with Crippen LogP contribution < -0.4 is 5.32 Å². The van der Waals surface area contributed by atoms with Gasteiger partial charge in [0.05, 0.1) is 36.8 Å². The van der Waals surface area contributed by atoms with Crippen LogP contribution in [0.5, 0.6) is 0 Å². The Morgan fingerprint density at radius 3 is 2.32 bits per heavy atom. The number of ketones is 2. The number of Topliss-reactive ketones (excluding diaryl/α,β-unsaturated/α-hetero) is 2. The molecular formula is C43H69N3O7. The third-order valence-corrected chi connectivity index (χ3v) is 13.0. The topological polar surface area (TPSA) is 125 Å². The predicted octanol–water partition coefficient (Wildman–Crippen LogP) is 5.40. The van der Waals surface area contributed by atoms with E-state index in [4.69, 9.17) is 9.47 Å². The molecule has 298 valence electrons. The Bertz CT molecular complexity index is 1390. The summed E-state index contributed by atoms with van der Waals surface area (Å²) in [4.78, 5) is 59.3. The molecule has 0 unspecified atom stereocenters. The summed E-state index contributed by atoms with van der Waals surface area (Å²) >= 11 is 0. The smallest absolute Gasteiger partial charge is 0.226 e. The van der Waals surface area contributed by atoms with Crippen molar-refractivity contribution in [2.45, 2.75) is 142 Å². The zero-order chi connectivity index (χ0) is 39.0. The molecule has 4 rings (SSSR count). The molecule has 0 radical (unpaired) electrons. The fourth-order valence-electron chi connectivity index (χ4n) is 9.61. The van der Waals surface area contributed by atoms with Crippen LogP contribution in [-0.4, -0.2) is 109 Å². The number of fused-ring (bicyclic) bond motifs is 2. The van der Waals surface area contributed by atoms with Gasteiger partial charge in [0.2, 0.25) is 11.8 Å². The van der Waals surface area contributed by atoms with Crippen LogP contribution in [0.25, 0.3) is 0 Å². The summed E-state index contributed by atoms with van der Waals surface area (Å²) in [5.74, 6) is -0.748. The van der Waals surface area contributed by atoms with Crippen LogP contribution in [0.3, 0.4) is 0 Å². The van der Waals surface area contributed by atoms with E-state index in [0.29, 0.717) is 24.9 Å². The maximum atomic E-state index is 14.3. The lowest BCUT2D eigenvalue weighted by Gasteiger charge is -2.41. The molecule has 2 heterocycles. The SMILES string of the molecule is CC[C@H](C)[C@@H]([C@@H](CC(=O)N1CCC[C@H]1[C@H](OC)[C@@H](C)C(=O)C[C@H](CO)Cc1cccc(C)c1)OC)N(C)C(=O)[C@@H](CC(=O)[C@H]1N[C@H]2CC[C@H]1C2)C(C)C. The minimum absolute atomic E-state index is 0.0176. The third kappa shape index (κ3) is 10.6. The molecule has 2 N–H and O–H groups in total. The highest BCUT2D eigenvalue weighted by atomic mass is 16.5. The van der Waals surface area contributed by atoms with Crippen molar-refractivity contribution in [2.24, 2.45) is 35.5 Å². The van der Waals surface area contributed by atoms with Crippen molar-refractivity contribution in [3.8, 4) is 0 Å². The quantitative estimate of drug-likeness (QED) is 0.172. The van der Waals surface area contributed by atoms with Gasteiger partial charge in [-0.2, -0.15) is 0 Å². The molecule has 3 aliphatic rings.